The molecule has 0 aliphatic heterocycles. The summed E-state index contributed by atoms with van der Waals surface area (Å²) in [5.74, 6) is 0. The molecule has 0 aromatic carbocycles. The SMILES string of the molecule is CP(C)(=O)c1nccc(B(O)O)n1. The number of hydrogen-bond donors (Lipinski definition) is 2. The van der Waals surface area contributed by atoms with Gasteiger partial charge in [-0.2, -0.15) is 0 Å². The second-order valence-corrected chi connectivity index (χ2v) is 6.11. The fraction of sp³-hybridized carbons (Fsp3) is 0.333. The summed E-state index contributed by atoms with van der Waals surface area (Å²) in [5, 5.41) is 17.6. The number of hydrogen-bond acceptors (Lipinski definition) is 5. The van der Waals surface area contributed by atoms with Crippen LogP contribution < -0.4 is 11.2 Å². The van der Waals surface area contributed by atoms with Gasteiger partial charge in [0.2, 0.25) is 0 Å². The zero-order chi connectivity index (χ0) is 10.1. The average Bonchev–Trinajstić information content (AvgIpc) is 2.03. The molecule has 0 atom stereocenters. The molecule has 0 amide bonds. The fourth-order valence-corrected chi connectivity index (χ4v) is 1.47. The molecule has 0 aliphatic rings. The molecule has 0 saturated carbocycles. The summed E-state index contributed by atoms with van der Waals surface area (Å²) in [4.78, 5) is 7.57. The Hall–Kier alpha value is -0.705. The largest absolute Gasteiger partial charge is 0.508 e. The van der Waals surface area contributed by atoms with Crippen LogP contribution in [-0.4, -0.2) is 40.5 Å². The summed E-state index contributed by atoms with van der Waals surface area (Å²) in [7, 11) is -4.17. The van der Waals surface area contributed by atoms with Gasteiger partial charge in [0.1, 0.15) is 7.14 Å². The third kappa shape index (κ3) is 2.62. The van der Waals surface area contributed by atoms with E-state index in [1.54, 1.807) is 0 Å². The third-order valence-corrected chi connectivity index (χ3v) is 2.59. The first-order valence-corrected chi connectivity index (χ1v) is 6.26. The minimum Gasteiger partial charge on any atom is -0.422 e. The van der Waals surface area contributed by atoms with Crippen molar-refractivity contribution in [1.29, 1.82) is 0 Å². The Balaban J connectivity index is 3.13. The maximum Gasteiger partial charge on any atom is 0.508 e. The quantitative estimate of drug-likeness (QED) is 0.443. The van der Waals surface area contributed by atoms with Gasteiger partial charge in [0.05, 0.1) is 5.59 Å². The van der Waals surface area contributed by atoms with Gasteiger partial charge in [0.25, 0.3) is 0 Å². The van der Waals surface area contributed by atoms with E-state index >= 15 is 0 Å². The highest BCUT2D eigenvalue weighted by atomic mass is 31.2. The highest BCUT2D eigenvalue weighted by molar-refractivity contribution is 7.69. The molecule has 1 rings (SSSR count). The molecule has 0 radical (unpaired) electrons. The van der Waals surface area contributed by atoms with E-state index in [4.69, 9.17) is 10.0 Å². The Kier molecular flexibility index (Phi) is 2.85. The van der Waals surface area contributed by atoms with Crippen LogP contribution in [-0.2, 0) is 4.57 Å². The molecule has 0 bridgehead atoms. The molecule has 0 saturated heterocycles. The number of rotatable bonds is 2. The minimum atomic E-state index is -2.53. The Labute approximate surface area is 76.4 Å². The van der Waals surface area contributed by atoms with Crippen LogP contribution in [0.25, 0.3) is 0 Å². The van der Waals surface area contributed by atoms with Gasteiger partial charge in [0.15, 0.2) is 5.57 Å². The predicted octanol–water partition coefficient (Wildman–Crippen LogP) is -1.60. The van der Waals surface area contributed by atoms with Crippen LogP contribution in [0.1, 0.15) is 0 Å². The molecule has 1 heterocycles. The summed E-state index contributed by atoms with van der Waals surface area (Å²) in [6, 6.07) is 1.36. The highest BCUT2D eigenvalue weighted by Crippen LogP contribution is 2.31. The Bertz CT molecular complexity index is 351. The summed E-state index contributed by atoms with van der Waals surface area (Å²) < 4.78 is 11.5. The van der Waals surface area contributed by atoms with Crippen molar-refractivity contribution in [1.82, 2.24) is 9.97 Å². The molecular weight excluding hydrogens is 190 g/mol. The molecule has 0 aliphatic carbocycles. The molecule has 70 valence electrons. The van der Waals surface area contributed by atoms with E-state index in [1.165, 1.54) is 25.6 Å². The Morgan fingerprint density at radius 3 is 2.54 bits per heavy atom. The van der Waals surface area contributed by atoms with E-state index in [-0.39, 0.29) is 11.2 Å². The van der Waals surface area contributed by atoms with E-state index in [0.717, 1.165) is 0 Å². The van der Waals surface area contributed by atoms with Crippen LogP contribution in [0.3, 0.4) is 0 Å². The van der Waals surface area contributed by atoms with Crippen molar-refractivity contribution >= 4 is 25.4 Å². The van der Waals surface area contributed by atoms with Crippen LogP contribution in [0.4, 0.5) is 0 Å². The van der Waals surface area contributed by atoms with Crippen LogP contribution in [0.2, 0.25) is 0 Å². The van der Waals surface area contributed by atoms with E-state index in [2.05, 4.69) is 9.97 Å². The highest BCUT2D eigenvalue weighted by Gasteiger charge is 2.19. The monoisotopic (exact) mass is 200 g/mol. The van der Waals surface area contributed by atoms with Crippen molar-refractivity contribution in [3.63, 3.8) is 0 Å². The van der Waals surface area contributed by atoms with Gasteiger partial charge in [-0.25, -0.2) is 9.97 Å². The molecule has 0 fully saturated rings. The number of aromatic nitrogens is 2. The lowest BCUT2D eigenvalue weighted by molar-refractivity contribution is 0.424. The zero-order valence-corrected chi connectivity index (χ0v) is 8.27. The average molecular weight is 200 g/mol. The Morgan fingerprint density at radius 2 is 2.08 bits per heavy atom. The van der Waals surface area contributed by atoms with E-state index < -0.39 is 14.3 Å². The predicted molar refractivity (Wildman–Crippen MR) is 50.9 cm³/mol. The van der Waals surface area contributed by atoms with Gasteiger partial charge < -0.3 is 14.6 Å². The Morgan fingerprint density at radius 1 is 1.46 bits per heavy atom. The standard InChI is InChI=1S/C6H10BN2O3P/c1-13(2,12)6-8-4-3-5(9-6)7(10)11/h3-4,10-11H,1-2H3. The van der Waals surface area contributed by atoms with Gasteiger partial charge in [0, 0.05) is 6.20 Å². The van der Waals surface area contributed by atoms with Crippen LogP contribution in [0, 0.1) is 0 Å². The lowest BCUT2D eigenvalue weighted by Crippen LogP contribution is -2.36. The van der Waals surface area contributed by atoms with Crippen molar-refractivity contribution in [2.45, 2.75) is 0 Å². The first-order valence-electron chi connectivity index (χ1n) is 3.66. The second-order valence-electron chi connectivity index (χ2n) is 3.01. The molecule has 2 N–H and O–H groups in total. The van der Waals surface area contributed by atoms with Crippen molar-refractivity contribution in [3.8, 4) is 0 Å². The van der Waals surface area contributed by atoms with Gasteiger partial charge >= 0.3 is 7.12 Å². The van der Waals surface area contributed by atoms with Crippen LogP contribution in [0.15, 0.2) is 12.3 Å². The minimum absolute atomic E-state index is 0.0638. The number of nitrogens with zero attached hydrogens (tertiary/aromatic N) is 2. The van der Waals surface area contributed by atoms with Crippen molar-refractivity contribution < 1.29 is 14.6 Å². The first kappa shape index (κ1) is 10.4. The first-order chi connectivity index (χ1) is 5.91. The second kappa shape index (κ2) is 3.58. The van der Waals surface area contributed by atoms with Crippen LogP contribution >= 0.6 is 7.14 Å². The molecule has 0 unspecified atom stereocenters. The molecule has 0 spiro atoms. The smallest absolute Gasteiger partial charge is 0.422 e. The summed E-state index contributed by atoms with van der Waals surface area (Å²) in [6.07, 6.45) is 1.36. The molecule has 5 nitrogen and oxygen atoms in total. The molecular formula is C6H10BN2O3P. The summed E-state index contributed by atoms with van der Waals surface area (Å²) in [5.41, 5.74) is 0.229. The molecule has 13 heavy (non-hydrogen) atoms. The van der Waals surface area contributed by atoms with Crippen molar-refractivity contribution in [3.05, 3.63) is 12.3 Å². The normalized spacial score (nSPS) is 11.4. The molecule has 1 aromatic heterocycles. The topological polar surface area (TPSA) is 83.3 Å². The van der Waals surface area contributed by atoms with Crippen molar-refractivity contribution in [2.75, 3.05) is 13.3 Å². The van der Waals surface area contributed by atoms with Gasteiger partial charge in [-0.05, 0) is 19.4 Å². The molecule has 7 heteroatoms. The third-order valence-electron chi connectivity index (χ3n) is 1.41. The molecule has 1 aromatic rings. The lowest BCUT2D eigenvalue weighted by atomic mass is 9.86. The van der Waals surface area contributed by atoms with Crippen molar-refractivity contribution in [2.24, 2.45) is 0 Å². The van der Waals surface area contributed by atoms with E-state index in [0.29, 0.717) is 0 Å². The maximum atomic E-state index is 11.5. The van der Waals surface area contributed by atoms with Gasteiger partial charge in [-0.3, -0.25) is 0 Å². The zero-order valence-electron chi connectivity index (χ0n) is 7.38. The maximum absolute atomic E-state index is 11.5. The summed E-state index contributed by atoms with van der Waals surface area (Å²) in [6.45, 7) is 3.05. The van der Waals surface area contributed by atoms with Gasteiger partial charge in [-0.15, -0.1) is 0 Å². The van der Waals surface area contributed by atoms with E-state index in [1.807, 2.05) is 0 Å². The van der Waals surface area contributed by atoms with Crippen LogP contribution in [0.5, 0.6) is 0 Å². The van der Waals surface area contributed by atoms with E-state index in [9.17, 15) is 4.57 Å². The summed E-state index contributed by atoms with van der Waals surface area (Å²) >= 11 is 0. The van der Waals surface area contributed by atoms with Gasteiger partial charge in [-0.1, -0.05) is 0 Å². The fourth-order valence-electron chi connectivity index (χ4n) is 0.765. The lowest BCUT2D eigenvalue weighted by Gasteiger charge is -2.05.